The van der Waals surface area contributed by atoms with Crippen molar-refractivity contribution in [2.75, 3.05) is 0 Å². The maximum atomic E-state index is 13.3. The van der Waals surface area contributed by atoms with E-state index in [1.54, 1.807) is 54.6 Å². The van der Waals surface area contributed by atoms with E-state index in [2.05, 4.69) is 11.1 Å². The van der Waals surface area contributed by atoms with E-state index in [4.69, 9.17) is 0 Å². The van der Waals surface area contributed by atoms with Crippen LogP contribution in [0.1, 0.15) is 5.56 Å². The zero-order valence-electron chi connectivity index (χ0n) is 15.6. The maximum absolute atomic E-state index is 13.3. The van der Waals surface area contributed by atoms with Crippen LogP contribution in [0.2, 0.25) is 0 Å². The van der Waals surface area contributed by atoms with Crippen molar-refractivity contribution in [1.82, 2.24) is 9.55 Å². The minimum atomic E-state index is -0.511. The Morgan fingerprint density at radius 1 is 0.967 bits per heavy atom. The van der Waals surface area contributed by atoms with Crippen LogP contribution in [0.4, 0.5) is 5.69 Å². The van der Waals surface area contributed by atoms with Gasteiger partial charge in [-0.15, -0.1) is 0 Å². The van der Waals surface area contributed by atoms with E-state index >= 15 is 0 Å². The molecule has 0 spiro atoms. The van der Waals surface area contributed by atoms with Gasteiger partial charge in [0, 0.05) is 40.8 Å². The molecule has 0 unspecified atom stereocenters. The van der Waals surface area contributed by atoms with Crippen molar-refractivity contribution in [1.29, 1.82) is 5.26 Å². The lowest BCUT2D eigenvalue weighted by Gasteiger charge is -2.13. The second-order valence-electron chi connectivity index (χ2n) is 6.44. The molecular weight excluding hydrogens is 380 g/mol. The standard InChI is InChI=1S/C23H14N4O3/c24-14-16-7-4-5-10-19(16)20-13-17(22-21(27(29)30)11-6-12-25-22)15-26(23(20)28)18-8-2-1-3-9-18/h1-13,15H. The van der Waals surface area contributed by atoms with Crippen LogP contribution >= 0.6 is 0 Å². The van der Waals surface area contributed by atoms with Gasteiger partial charge < -0.3 is 0 Å². The van der Waals surface area contributed by atoms with Gasteiger partial charge in [-0.2, -0.15) is 5.26 Å². The van der Waals surface area contributed by atoms with Gasteiger partial charge in [-0.05, 0) is 30.3 Å². The third-order valence-corrected chi connectivity index (χ3v) is 4.65. The fourth-order valence-corrected chi connectivity index (χ4v) is 3.27. The van der Waals surface area contributed by atoms with E-state index in [0.717, 1.165) is 0 Å². The molecule has 30 heavy (non-hydrogen) atoms. The molecule has 0 atom stereocenters. The molecule has 0 aliphatic rings. The molecule has 4 rings (SSSR count). The number of benzene rings is 2. The monoisotopic (exact) mass is 394 g/mol. The minimum Gasteiger partial charge on any atom is -0.283 e. The highest BCUT2D eigenvalue weighted by Crippen LogP contribution is 2.30. The van der Waals surface area contributed by atoms with E-state index in [9.17, 15) is 20.2 Å². The second kappa shape index (κ2) is 7.81. The maximum Gasteiger partial charge on any atom is 0.295 e. The van der Waals surface area contributed by atoms with Gasteiger partial charge in [0.15, 0.2) is 0 Å². The quantitative estimate of drug-likeness (QED) is 0.378. The van der Waals surface area contributed by atoms with Gasteiger partial charge in [-0.25, -0.2) is 4.98 Å². The zero-order chi connectivity index (χ0) is 21.1. The molecule has 0 N–H and O–H groups in total. The predicted molar refractivity (Wildman–Crippen MR) is 112 cm³/mol. The molecule has 0 aliphatic heterocycles. The Morgan fingerprint density at radius 2 is 1.70 bits per heavy atom. The van der Waals surface area contributed by atoms with E-state index in [1.807, 2.05) is 6.07 Å². The first kappa shape index (κ1) is 18.8. The fraction of sp³-hybridized carbons (Fsp3) is 0. The SMILES string of the molecule is N#Cc1ccccc1-c1cc(-c2ncccc2[N+](=O)[O-])cn(-c2ccccc2)c1=O. The van der Waals surface area contributed by atoms with Crippen LogP contribution in [-0.4, -0.2) is 14.5 Å². The molecule has 0 radical (unpaired) electrons. The molecule has 0 amide bonds. The van der Waals surface area contributed by atoms with Crippen LogP contribution in [0.5, 0.6) is 0 Å². The summed E-state index contributed by atoms with van der Waals surface area (Å²) in [6, 6.07) is 22.2. The van der Waals surface area contributed by atoms with Crippen molar-refractivity contribution in [3.05, 3.63) is 111 Å². The number of nitro groups is 1. The van der Waals surface area contributed by atoms with E-state index < -0.39 is 4.92 Å². The third kappa shape index (κ3) is 3.34. The predicted octanol–water partition coefficient (Wildman–Crippen LogP) is 4.35. The average Bonchev–Trinajstić information content (AvgIpc) is 2.80. The van der Waals surface area contributed by atoms with Crippen LogP contribution in [0, 0.1) is 21.4 Å². The highest BCUT2D eigenvalue weighted by Gasteiger charge is 2.20. The fourth-order valence-electron chi connectivity index (χ4n) is 3.27. The summed E-state index contributed by atoms with van der Waals surface area (Å²) in [5.74, 6) is 0. The molecule has 0 bridgehead atoms. The van der Waals surface area contributed by atoms with Crippen LogP contribution in [-0.2, 0) is 0 Å². The lowest BCUT2D eigenvalue weighted by Crippen LogP contribution is -2.20. The summed E-state index contributed by atoms with van der Waals surface area (Å²) < 4.78 is 1.41. The molecule has 7 nitrogen and oxygen atoms in total. The Hall–Kier alpha value is -4.57. The lowest BCUT2D eigenvalue weighted by molar-refractivity contribution is -0.384. The summed E-state index contributed by atoms with van der Waals surface area (Å²) in [5.41, 5.74) is 1.67. The van der Waals surface area contributed by atoms with Crippen molar-refractivity contribution in [2.24, 2.45) is 0 Å². The summed E-state index contributed by atoms with van der Waals surface area (Å²) in [5, 5.41) is 21.0. The van der Waals surface area contributed by atoms with Gasteiger partial charge in [0.25, 0.3) is 11.2 Å². The molecule has 2 aromatic heterocycles. The number of aromatic nitrogens is 2. The van der Waals surface area contributed by atoms with Crippen molar-refractivity contribution < 1.29 is 4.92 Å². The summed E-state index contributed by atoms with van der Waals surface area (Å²) in [4.78, 5) is 28.5. The van der Waals surface area contributed by atoms with Crippen LogP contribution in [0.15, 0.2) is 90.0 Å². The van der Waals surface area contributed by atoms with Crippen molar-refractivity contribution in [3.8, 4) is 34.1 Å². The molecule has 2 heterocycles. The number of nitriles is 1. The van der Waals surface area contributed by atoms with Crippen molar-refractivity contribution in [2.45, 2.75) is 0 Å². The van der Waals surface area contributed by atoms with Gasteiger partial charge in [0.05, 0.1) is 16.6 Å². The molecule has 0 fully saturated rings. The highest BCUT2D eigenvalue weighted by molar-refractivity contribution is 5.77. The molecule has 144 valence electrons. The number of nitrogens with zero attached hydrogens (tertiary/aromatic N) is 4. The first-order valence-electron chi connectivity index (χ1n) is 9.01. The third-order valence-electron chi connectivity index (χ3n) is 4.65. The van der Waals surface area contributed by atoms with Gasteiger partial charge in [-0.1, -0.05) is 36.4 Å². The number of para-hydroxylation sites is 1. The number of hydrogen-bond acceptors (Lipinski definition) is 5. The van der Waals surface area contributed by atoms with Crippen molar-refractivity contribution >= 4 is 5.69 Å². The van der Waals surface area contributed by atoms with Gasteiger partial charge in [0.1, 0.15) is 5.69 Å². The van der Waals surface area contributed by atoms with Crippen LogP contribution in [0.3, 0.4) is 0 Å². The molecule has 0 aliphatic carbocycles. The van der Waals surface area contributed by atoms with E-state index in [-0.39, 0.29) is 22.5 Å². The Morgan fingerprint density at radius 3 is 2.43 bits per heavy atom. The minimum absolute atomic E-state index is 0.142. The summed E-state index contributed by atoms with van der Waals surface area (Å²) >= 11 is 0. The van der Waals surface area contributed by atoms with Crippen molar-refractivity contribution in [3.63, 3.8) is 0 Å². The number of pyridine rings is 2. The Bertz CT molecular complexity index is 1350. The smallest absolute Gasteiger partial charge is 0.283 e. The summed E-state index contributed by atoms with van der Waals surface area (Å²) in [6.07, 6.45) is 2.99. The summed E-state index contributed by atoms with van der Waals surface area (Å²) in [6.45, 7) is 0. The molecule has 0 saturated heterocycles. The lowest BCUT2D eigenvalue weighted by atomic mass is 9.99. The Labute approximate surface area is 171 Å². The largest absolute Gasteiger partial charge is 0.295 e. The molecular formula is C23H14N4O3. The Kier molecular flexibility index (Phi) is 4.89. The molecule has 4 aromatic rings. The van der Waals surface area contributed by atoms with Gasteiger partial charge >= 0.3 is 0 Å². The van der Waals surface area contributed by atoms with Crippen LogP contribution in [0.25, 0.3) is 28.1 Å². The molecule has 7 heteroatoms. The highest BCUT2D eigenvalue weighted by atomic mass is 16.6. The second-order valence-corrected chi connectivity index (χ2v) is 6.44. The summed E-state index contributed by atoms with van der Waals surface area (Å²) in [7, 11) is 0. The number of rotatable bonds is 4. The first-order valence-corrected chi connectivity index (χ1v) is 9.01. The number of hydrogen-bond donors (Lipinski definition) is 0. The van der Waals surface area contributed by atoms with E-state index in [1.165, 1.54) is 29.1 Å². The normalized spacial score (nSPS) is 10.4. The molecule has 0 saturated carbocycles. The topological polar surface area (TPSA) is 102 Å². The zero-order valence-corrected chi connectivity index (χ0v) is 15.6. The van der Waals surface area contributed by atoms with Crippen LogP contribution < -0.4 is 5.56 Å². The van der Waals surface area contributed by atoms with Gasteiger partial charge in [-0.3, -0.25) is 19.5 Å². The first-order chi connectivity index (χ1) is 14.6. The van der Waals surface area contributed by atoms with E-state index in [0.29, 0.717) is 22.4 Å². The average molecular weight is 394 g/mol. The van der Waals surface area contributed by atoms with Gasteiger partial charge in [0.2, 0.25) is 0 Å². The molecule has 2 aromatic carbocycles. The Balaban J connectivity index is 2.08.